The minimum atomic E-state index is -0.554. The molecule has 0 aliphatic carbocycles. The molecule has 0 saturated heterocycles. The number of amides is 3. The molecule has 0 aromatic heterocycles. The van der Waals surface area contributed by atoms with Crippen molar-refractivity contribution in [1.29, 1.82) is 0 Å². The van der Waals surface area contributed by atoms with Gasteiger partial charge in [-0.1, -0.05) is 36.4 Å². The van der Waals surface area contributed by atoms with E-state index < -0.39 is 17.7 Å². The Labute approximate surface area is 218 Å². The van der Waals surface area contributed by atoms with Crippen molar-refractivity contribution in [3.05, 3.63) is 65.2 Å². The number of carbonyl (C=O) groups is 4. The number of ether oxygens (including phenoxy) is 2. The zero-order valence-corrected chi connectivity index (χ0v) is 22.0. The molecule has 9 nitrogen and oxygen atoms in total. The van der Waals surface area contributed by atoms with Crippen LogP contribution in [0.2, 0.25) is 0 Å². The second kappa shape index (κ2) is 14.6. The fourth-order valence-corrected chi connectivity index (χ4v) is 3.22. The second-order valence-electron chi connectivity index (χ2n) is 9.62. The van der Waals surface area contributed by atoms with Crippen LogP contribution in [0.25, 0.3) is 0 Å². The number of alkyl carbamates (subject to hydrolysis) is 1. The van der Waals surface area contributed by atoms with Gasteiger partial charge in [-0.05, 0) is 63.8 Å². The number of esters is 1. The van der Waals surface area contributed by atoms with Gasteiger partial charge in [0.25, 0.3) is 5.91 Å². The number of hydrogen-bond donors (Lipinski definition) is 3. The normalized spacial score (nSPS) is 10.8. The van der Waals surface area contributed by atoms with Crippen molar-refractivity contribution in [2.24, 2.45) is 0 Å². The van der Waals surface area contributed by atoms with Gasteiger partial charge in [0.1, 0.15) is 12.2 Å². The van der Waals surface area contributed by atoms with Crippen LogP contribution in [-0.2, 0) is 25.7 Å². The minimum Gasteiger partial charge on any atom is -0.461 e. The molecular weight excluding hydrogens is 474 g/mol. The van der Waals surface area contributed by atoms with E-state index in [1.54, 1.807) is 39.0 Å². The highest BCUT2D eigenvalue weighted by Gasteiger charge is 2.15. The summed E-state index contributed by atoms with van der Waals surface area (Å²) in [6, 6.07) is 14.4. The molecule has 9 heteroatoms. The fourth-order valence-electron chi connectivity index (χ4n) is 3.22. The number of carbonyl (C=O) groups excluding carboxylic acids is 4. The first kappa shape index (κ1) is 29.4. The Hall–Kier alpha value is -3.88. The zero-order valence-electron chi connectivity index (χ0n) is 22.0. The van der Waals surface area contributed by atoms with E-state index in [-0.39, 0.29) is 37.8 Å². The van der Waals surface area contributed by atoms with Gasteiger partial charge in [0.2, 0.25) is 5.91 Å². The maximum Gasteiger partial charge on any atom is 0.407 e. The van der Waals surface area contributed by atoms with E-state index in [0.29, 0.717) is 30.6 Å². The molecule has 0 aliphatic heterocycles. The standard InChI is InChI=1S/C28H37N3O6/c1-20-13-14-22(26(34)29-17-15-25(33)36-19-21-10-6-5-7-11-21)18-23(20)31-24(32)12-8-9-16-30-27(35)37-28(2,3)4/h5-7,10-11,13-14,18H,8-9,12,15-17,19H2,1-4H3,(H,29,34)(H,30,35)(H,31,32). The first-order valence-electron chi connectivity index (χ1n) is 12.4. The lowest BCUT2D eigenvalue weighted by Crippen LogP contribution is -2.33. The smallest absolute Gasteiger partial charge is 0.407 e. The lowest BCUT2D eigenvalue weighted by atomic mass is 10.1. The number of benzene rings is 2. The quantitative estimate of drug-likeness (QED) is 0.285. The molecular formula is C28H37N3O6. The molecule has 0 heterocycles. The number of aryl methyl sites for hydroxylation is 1. The Balaban J connectivity index is 1.71. The molecule has 200 valence electrons. The van der Waals surface area contributed by atoms with Crippen LogP contribution in [0.3, 0.4) is 0 Å². The van der Waals surface area contributed by atoms with Crippen molar-refractivity contribution in [2.75, 3.05) is 18.4 Å². The molecule has 2 aromatic carbocycles. The summed E-state index contributed by atoms with van der Waals surface area (Å²) in [5.41, 5.74) is 2.08. The minimum absolute atomic E-state index is 0.0524. The summed E-state index contributed by atoms with van der Waals surface area (Å²) < 4.78 is 10.4. The highest BCUT2D eigenvalue weighted by atomic mass is 16.6. The van der Waals surface area contributed by atoms with E-state index in [1.807, 2.05) is 37.3 Å². The Morgan fingerprint density at radius 2 is 1.59 bits per heavy atom. The molecule has 0 fully saturated rings. The third kappa shape index (κ3) is 12.1. The molecule has 0 aliphatic rings. The van der Waals surface area contributed by atoms with Crippen molar-refractivity contribution < 1.29 is 28.7 Å². The van der Waals surface area contributed by atoms with E-state index in [2.05, 4.69) is 16.0 Å². The molecule has 0 bridgehead atoms. The summed E-state index contributed by atoms with van der Waals surface area (Å²) in [4.78, 5) is 48.4. The van der Waals surface area contributed by atoms with Gasteiger partial charge in [0.05, 0.1) is 6.42 Å². The van der Waals surface area contributed by atoms with Gasteiger partial charge in [-0.15, -0.1) is 0 Å². The van der Waals surface area contributed by atoms with Crippen molar-refractivity contribution in [2.45, 2.75) is 65.6 Å². The number of hydrogen-bond acceptors (Lipinski definition) is 6. The molecule has 3 N–H and O–H groups in total. The van der Waals surface area contributed by atoms with Crippen LogP contribution in [0.4, 0.5) is 10.5 Å². The van der Waals surface area contributed by atoms with Gasteiger partial charge < -0.3 is 25.4 Å². The van der Waals surface area contributed by atoms with Crippen LogP contribution in [0.15, 0.2) is 48.5 Å². The third-order valence-corrected chi connectivity index (χ3v) is 5.13. The average Bonchev–Trinajstić information content (AvgIpc) is 2.83. The topological polar surface area (TPSA) is 123 Å². The lowest BCUT2D eigenvalue weighted by Gasteiger charge is -2.19. The van der Waals surface area contributed by atoms with Crippen molar-refractivity contribution in [1.82, 2.24) is 10.6 Å². The predicted molar refractivity (Wildman–Crippen MR) is 141 cm³/mol. The molecule has 3 amide bonds. The Morgan fingerprint density at radius 1 is 0.865 bits per heavy atom. The van der Waals surface area contributed by atoms with Crippen LogP contribution in [-0.4, -0.2) is 42.6 Å². The predicted octanol–water partition coefficient (Wildman–Crippen LogP) is 4.49. The average molecular weight is 512 g/mol. The van der Waals surface area contributed by atoms with E-state index in [1.165, 1.54) is 0 Å². The van der Waals surface area contributed by atoms with E-state index in [9.17, 15) is 19.2 Å². The monoisotopic (exact) mass is 511 g/mol. The molecule has 0 atom stereocenters. The lowest BCUT2D eigenvalue weighted by molar-refractivity contribution is -0.144. The molecule has 0 radical (unpaired) electrons. The zero-order chi connectivity index (χ0) is 27.3. The summed E-state index contributed by atoms with van der Waals surface area (Å²) in [5, 5.41) is 8.20. The highest BCUT2D eigenvalue weighted by molar-refractivity contribution is 5.97. The van der Waals surface area contributed by atoms with Crippen molar-refractivity contribution in [3.63, 3.8) is 0 Å². The maximum atomic E-state index is 12.5. The number of rotatable bonds is 12. The number of nitrogens with one attached hydrogen (secondary N) is 3. The number of unbranched alkanes of at least 4 members (excludes halogenated alkanes) is 1. The van der Waals surface area contributed by atoms with Gasteiger partial charge in [0, 0.05) is 30.8 Å². The third-order valence-electron chi connectivity index (χ3n) is 5.13. The first-order chi connectivity index (χ1) is 17.5. The van der Waals surface area contributed by atoms with Crippen LogP contribution in [0.5, 0.6) is 0 Å². The van der Waals surface area contributed by atoms with Crippen molar-refractivity contribution in [3.8, 4) is 0 Å². The first-order valence-corrected chi connectivity index (χ1v) is 12.4. The summed E-state index contributed by atoms with van der Waals surface area (Å²) in [5.74, 6) is -0.930. The van der Waals surface area contributed by atoms with Crippen LogP contribution in [0, 0.1) is 6.92 Å². The van der Waals surface area contributed by atoms with Gasteiger partial charge in [-0.3, -0.25) is 14.4 Å². The second-order valence-corrected chi connectivity index (χ2v) is 9.62. The Bertz CT molecular complexity index is 1060. The molecule has 2 rings (SSSR count). The van der Waals surface area contributed by atoms with Crippen molar-refractivity contribution >= 4 is 29.6 Å². The van der Waals surface area contributed by atoms with Crippen LogP contribution >= 0.6 is 0 Å². The maximum absolute atomic E-state index is 12.5. The summed E-state index contributed by atoms with van der Waals surface area (Å²) >= 11 is 0. The molecule has 37 heavy (non-hydrogen) atoms. The van der Waals surface area contributed by atoms with Crippen LogP contribution in [0.1, 0.15) is 67.9 Å². The van der Waals surface area contributed by atoms with Crippen LogP contribution < -0.4 is 16.0 Å². The SMILES string of the molecule is Cc1ccc(C(=O)NCCC(=O)OCc2ccccc2)cc1NC(=O)CCCCNC(=O)OC(C)(C)C. The number of anilines is 1. The van der Waals surface area contributed by atoms with E-state index >= 15 is 0 Å². The van der Waals surface area contributed by atoms with E-state index in [0.717, 1.165) is 11.1 Å². The molecule has 2 aromatic rings. The fraction of sp³-hybridized carbons (Fsp3) is 0.429. The van der Waals surface area contributed by atoms with Gasteiger partial charge in [0.15, 0.2) is 0 Å². The highest BCUT2D eigenvalue weighted by Crippen LogP contribution is 2.18. The Kier molecular flexibility index (Phi) is 11.6. The summed E-state index contributed by atoms with van der Waals surface area (Å²) in [6.45, 7) is 7.96. The van der Waals surface area contributed by atoms with Gasteiger partial charge in [-0.25, -0.2) is 4.79 Å². The largest absolute Gasteiger partial charge is 0.461 e. The summed E-state index contributed by atoms with van der Waals surface area (Å²) in [6.07, 6.45) is 1.06. The van der Waals surface area contributed by atoms with E-state index in [4.69, 9.17) is 9.47 Å². The van der Waals surface area contributed by atoms with Gasteiger partial charge >= 0.3 is 12.1 Å². The summed E-state index contributed by atoms with van der Waals surface area (Å²) in [7, 11) is 0. The molecule has 0 saturated carbocycles. The van der Waals surface area contributed by atoms with Gasteiger partial charge in [-0.2, -0.15) is 0 Å². The molecule has 0 spiro atoms. The Morgan fingerprint density at radius 3 is 2.30 bits per heavy atom. The molecule has 0 unspecified atom stereocenters.